The maximum Gasteiger partial charge on any atom is 0.401 e. The lowest BCUT2D eigenvalue weighted by Crippen LogP contribution is -2.47. The number of fused-ring (bicyclic) bond motifs is 1. The number of nitrogens with zero attached hydrogens (tertiary/aromatic N) is 3. The Morgan fingerprint density at radius 2 is 2.00 bits per heavy atom. The molecule has 0 aromatic heterocycles. The molecule has 3 heterocycles. The second kappa shape index (κ2) is 5.65. The first kappa shape index (κ1) is 16.5. The van der Waals surface area contributed by atoms with Crippen LogP contribution in [0.3, 0.4) is 0 Å². The number of carbonyl (C=O) groups excluding carboxylic acids is 2. The molecule has 5 nitrogen and oxygen atoms in total. The van der Waals surface area contributed by atoms with Gasteiger partial charge in [-0.15, -0.1) is 0 Å². The lowest BCUT2D eigenvalue weighted by atomic mass is 9.90. The van der Waals surface area contributed by atoms with Gasteiger partial charge in [-0.3, -0.25) is 14.6 Å². The van der Waals surface area contributed by atoms with E-state index in [9.17, 15) is 22.8 Å². The zero-order valence-corrected chi connectivity index (χ0v) is 13.2. The second-order valence-electron chi connectivity index (χ2n) is 6.79. The standard InChI is InChI=1S/C15H22F3N3O2/c1-2-5-14-6-3-7-20(14)13(23)21(12(14)22)11-4-8-19(9-11)10-15(16,17)18/h11H,2-10H2,1H3/t11-,14-/m0/s1. The molecule has 3 fully saturated rings. The molecule has 0 N–H and O–H groups in total. The summed E-state index contributed by atoms with van der Waals surface area (Å²) in [5.74, 6) is -0.194. The van der Waals surface area contributed by atoms with Crippen molar-refractivity contribution in [2.24, 2.45) is 0 Å². The average molecular weight is 333 g/mol. The van der Waals surface area contributed by atoms with Crippen molar-refractivity contribution in [3.05, 3.63) is 0 Å². The van der Waals surface area contributed by atoms with Crippen molar-refractivity contribution in [3.63, 3.8) is 0 Å². The molecule has 0 aromatic carbocycles. The van der Waals surface area contributed by atoms with Crippen LogP contribution in [0.5, 0.6) is 0 Å². The van der Waals surface area contributed by atoms with Crippen molar-refractivity contribution in [2.45, 2.75) is 56.8 Å². The van der Waals surface area contributed by atoms with Crippen LogP contribution < -0.4 is 0 Å². The van der Waals surface area contributed by atoms with Crippen LogP contribution in [0.4, 0.5) is 18.0 Å². The van der Waals surface area contributed by atoms with Gasteiger partial charge >= 0.3 is 12.2 Å². The summed E-state index contributed by atoms with van der Waals surface area (Å²) in [6, 6.07) is -0.739. The Morgan fingerprint density at radius 1 is 1.26 bits per heavy atom. The van der Waals surface area contributed by atoms with Crippen LogP contribution in [-0.4, -0.2) is 70.6 Å². The molecule has 0 unspecified atom stereocenters. The molecule has 0 aromatic rings. The number of amides is 3. The molecule has 3 amide bonds. The van der Waals surface area contributed by atoms with Gasteiger partial charge in [0.2, 0.25) is 0 Å². The fourth-order valence-corrected chi connectivity index (χ4v) is 4.34. The monoisotopic (exact) mass is 333 g/mol. The minimum absolute atomic E-state index is 0.118. The molecule has 3 saturated heterocycles. The highest BCUT2D eigenvalue weighted by molar-refractivity contribution is 6.07. The number of hydrogen-bond donors (Lipinski definition) is 0. The molecule has 8 heteroatoms. The van der Waals surface area contributed by atoms with E-state index >= 15 is 0 Å². The van der Waals surface area contributed by atoms with Crippen LogP contribution in [0.15, 0.2) is 0 Å². The van der Waals surface area contributed by atoms with E-state index in [0.717, 1.165) is 12.8 Å². The Morgan fingerprint density at radius 3 is 2.65 bits per heavy atom. The van der Waals surface area contributed by atoms with Crippen molar-refractivity contribution >= 4 is 11.9 Å². The number of likely N-dealkylation sites (tertiary alicyclic amines) is 1. The Bertz CT molecular complexity index is 511. The normalized spacial score (nSPS) is 32.3. The fraction of sp³-hybridized carbons (Fsp3) is 0.867. The lowest BCUT2D eigenvalue weighted by Gasteiger charge is -2.28. The van der Waals surface area contributed by atoms with E-state index in [1.165, 1.54) is 9.80 Å². The van der Waals surface area contributed by atoms with Crippen molar-refractivity contribution in [1.29, 1.82) is 0 Å². The average Bonchev–Trinajstić information content (AvgIpc) is 3.08. The fourth-order valence-electron chi connectivity index (χ4n) is 4.34. The number of halogens is 3. The number of urea groups is 1. The molecule has 0 spiro atoms. The number of imide groups is 1. The summed E-state index contributed by atoms with van der Waals surface area (Å²) in [4.78, 5) is 29.7. The third kappa shape index (κ3) is 2.70. The van der Waals surface area contributed by atoms with Crippen LogP contribution in [0.2, 0.25) is 0 Å². The molecular formula is C15H22F3N3O2. The Kier molecular flexibility index (Phi) is 4.06. The molecular weight excluding hydrogens is 311 g/mol. The largest absolute Gasteiger partial charge is 0.401 e. The highest BCUT2D eigenvalue weighted by atomic mass is 19.4. The first-order valence-corrected chi connectivity index (χ1v) is 8.23. The number of rotatable bonds is 4. The summed E-state index contributed by atoms with van der Waals surface area (Å²) in [7, 11) is 0. The van der Waals surface area contributed by atoms with Crippen molar-refractivity contribution in [1.82, 2.24) is 14.7 Å². The molecule has 0 bridgehead atoms. The lowest BCUT2D eigenvalue weighted by molar-refractivity contribution is -0.144. The highest BCUT2D eigenvalue weighted by Gasteiger charge is 2.60. The number of carbonyl (C=O) groups is 2. The van der Waals surface area contributed by atoms with E-state index in [1.807, 2.05) is 6.92 Å². The summed E-state index contributed by atoms with van der Waals surface area (Å²) in [5, 5.41) is 0. The molecule has 23 heavy (non-hydrogen) atoms. The van der Waals surface area contributed by atoms with Gasteiger partial charge in [-0.25, -0.2) is 4.79 Å². The predicted octanol–water partition coefficient (Wildman–Crippen LogP) is 2.22. The Balaban J connectivity index is 1.74. The minimum Gasteiger partial charge on any atom is -0.310 e. The minimum atomic E-state index is -4.25. The van der Waals surface area contributed by atoms with Crippen LogP contribution in [0.1, 0.15) is 39.0 Å². The van der Waals surface area contributed by atoms with Crippen LogP contribution >= 0.6 is 0 Å². The molecule has 2 atom stereocenters. The molecule has 3 rings (SSSR count). The van der Waals surface area contributed by atoms with E-state index in [1.54, 1.807) is 4.90 Å². The van der Waals surface area contributed by atoms with E-state index in [0.29, 0.717) is 25.8 Å². The summed E-state index contributed by atoms with van der Waals surface area (Å²) in [6.45, 7) is 1.95. The first-order chi connectivity index (χ1) is 10.8. The van der Waals surface area contributed by atoms with E-state index < -0.39 is 24.3 Å². The number of alkyl halides is 3. The third-order valence-corrected chi connectivity index (χ3v) is 5.22. The molecule has 130 valence electrons. The topological polar surface area (TPSA) is 43.9 Å². The molecule has 3 aliphatic rings. The SMILES string of the molecule is CCC[C@@]12CCCN1C(=O)N([C@H]1CCN(CC(F)(F)F)C1)C2=O. The van der Waals surface area contributed by atoms with E-state index in [-0.39, 0.29) is 25.0 Å². The van der Waals surface area contributed by atoms with Gasteiger partial charge in [-0.1, -0.05) is 13.3 Å². The maximum absolute atomic E-state index is 12.9. The summed E-state index contributed by atoms with van der Waals surface area (Å²) >= 11 is 0. The second-order valence-corrected chi connectivity index (χ2v) is 6.79. The van der Waals surface area contributed by atoms with E-state index in [2.05, 4.69) is 0 Å². The zero-order valence-electron chi connectivity index (χ0n) is 13.2. The van der Waals surface area contributed by atoms with Crippen molar-refractivity contribution in [2.75, 3.05) is 26.2 Å². The quantitative estimate of drug-likeness (QED) is 0.741. The zero-order chi connectivity index (χ0) is 16.8. The molecule has 0 saturated carbocycles. The van der Waals surface area contributed by atoms with Gasteiger partial charge in [0, 0.05) is 19.6 Å². The van der Waals surface area contributed by atoms with E-state index in [4.69, 9.17) is 0 Å². The van der Waals surface area contributed by atoms with Crippen LogP contribution in [-0.2, 0) is 4.79 Å². The first-order valence-electron chi connectivity index (χ1n) is 8.23. The van der Waals surface area contributed by atoms with Gasteiger partial charge in [0.05, 0.1) is 12.6 Å². The van der Waals surface area contributed by atoms with Crippen LogP contribution in [0.25, 0.3) is 0 Å². The van der Waals surface area contributed by atoms with Gasteiger partial charge in [-0.05, 0) is 25.7 Å². The van der Waals surface area contributed by atoms with Crippen LogP contribution in [0, 0.1) is 0 Å². The predicted molar refractivity (Wildman–Crippen MR) is 76.7 cm³/mol. The van der Waals surface area contributed by atoms with Crippen molar-refractivity contribution in [3.8, 4) is 0 Å². The molecule has 0 aliphatic carbocycles. The maximum atomic E-state index is 12.9. The van der Waals surface area contributed by atoms with Gasteiger partial charge in [0.25, 0.3) is 5.91 Å². The smallest absolute Gasteiger partial charge is 0.310 e. The highest BCUT2D eigenvalue weighted by Crippen LogP contribution is 2.42. The van der Waals surface area contributed by atoms with Gasteiger partial charge in [-0.2, -0.15) is 13.2 Å². The summed E-state index contributed by atoms with van der Waals surface area (Å²) in [6.07, 6.45) is -0.917. The summed E-state index contributed by atoms with van der Waals surface area (Å²) in [5.41, 5.74) is -0.733. The van der Waals surface area contributed by atoms with Gasteiger partial charge in [0.15, 0.2) is 0 Å². The summed E-state index contributed by atoms with van der Waals surface area (Å²) < 4.78 is 37.6. The Hall–Kier alpha value is -1.31. The molecule has 0 radical (unpaired) electrons. The third-order valence-electron chi connectivity index (χ3n) is 5.22. The van der Waals surface area contributed by atoms with Gasteiger partial charge in [0.1, 0.15) is 5.54 Å². The Labute approximate surface area is 133 Å². The molecule has 3 aliphatic heterocycles. The van der Waals surface area contributed by atoms with Crippen molar-refractivity contribution < 1.29 is 22.8 Å². The number of hydrogen-bond acceptors (Lipinski definition) is 3. The van der Waals surface area contributed by atoms with Gasteiger partial charge < -0.3 is 4.90 Å².